The fourth-order valence-electron chi connectivity index (χ4n) is 2.48. The Labute approximate surface area is 129 Å². The highest BCUT2D eigenvalue weighted by Gasteiger charge is 2.11. The Morgan fingerprint density at radius 1 is 1.14 bits per heavy atom. The van der Waals surface area contributed by atoms with Crippen LogP contribution in [0.1, 0.15) is 12.8 Å². The van der Waals surface area contributed by atoms with Gasteiger partial charge in [-0.05, 0) is 43.4 Å². The van der Waals surface area contributed by atoms with Crippen molar-refractivity contribution in [3.8, 4) is 0 Å². The Hall–Kier alpha value is -1.95. The van der Waals surface area contributed by atoms with Crippen molar-refractivity contribution in [2.24, 2.45) is 0 Å². The largest absolute Gasteiger partial charge is 0.383 e. The molecule has 5 nitrogen and oxygen atoms in total. The molecular weight excluding hydrogens is 282 g/mol. The van der Waals surface area contributed by atoms with Crippen molar-refractivity contribution in [1.82, 2.24) is 9.97 Å². The number of aromatic nitrogens is 2. The van der Waals surface area contributed by atoms with Gasteiger partial charge in [-0.15, -0.1) is 0 Å². The van der Waals surface area contributed by atoms with Crippen LogP contribution in [0.5, 0.6) is 0 Å². The van der Waals surface area contributed by atoms with E-state index in [4.69, 9.17) is 5.73 Å². The summed E-state index contributed by atoms with van der Waals surface area (Å²) in [7, 11) is 0. The number of nitrogens with one attached hydrogen (secondary N) is 1. The Morgan fingerprint density at radius 2 is 1.86 bits per heavy atom. The van der Waals surface area contributed by atoms with Crippen LogP contribution in [0.4, 0.5) is 23.0 Å². The molecule has 21 heavy (non-hydrogen) atoms. The maximum atomic E-state index is 5.78. The molecule has 1 aliphatic rings. The van der Waals surface area contributed by atoms with Crippen LogP contribution in [0.3, 0.4) is 0 Å². The molecule has 1 aromatic carbocycles. The number of thioether (sulfide) groups is 1. The van der Waals surface area contributed by atoms with Crippen molar-refractivity contribution in [3.05, 3.63) is 30.3 Å². The molecule has 1 saturated heterocycles. The van der Waals surface area contributed by atoms with Crippen LogP contribution in [0.15, 0.2) is 35.5 Å². The first-order valence-electron chi connectivity index (χ1n) is 7.05. The third kappa shape index (κ3) is 3.39. The molecule has 2 heterocycles. The number of nitrogens with zero attached hydrogens (tertiary/aromatic N) is 3. The van der Waals surface area contributed by atoms with E-state index in [9.17, 15) is 0 Å². The predicted molar refractivity (Wildman–Crippen MR) is 89.4 cm³/mol. The third-order valence-electron chi connectivity index (χ3n) is 3.52. The molecule has 2 aromatic rings. The second kappa shape index (κ2) is 6.22. The van der Waals surface area contributed by atoms with Crippen LogP contribution in [0, 0.1) is 0 Å². The molecule has 0 bridgehead atoms. The maximum absolute atomic E-state index is 5.78. The van der Waals surface area contributed by atoms with Crippen molar-refractivity contribution >= 4 is 34.8 Å². The second-order valence-electron chi connectivity index (χ2n) is 5.03. The molecule has 0 amide bonds. The molecule has 0 aliphatic carbocycles. The maximum Gasteiger partial charge on any atom is 0.191 e. The molecule has 1 aliphatic heterocycles. The first-order chi connectivity index (χ1) is 10.2. The van der Waals surface area contributed by atoms with Crippen LogP contribution >= 0.6 is 11.8 Å². The van der Waals surface area contributed by atoms with Gasteiger partial charge in [0.2, 0.25) is 0 Å². The highest BCUT2D eigenvalue weighted by atomic mass is 32.2. The minimum atomic E-state index is 0.477. The minimum Gasteiger partial charge on any atom is -0.383 e. The predicted octanol–water partition coefficient (Wildman–Crippen LogP) is 3.12. The summed E-state index contributed by atoms with van der Waals surface area (Å²) in [6.45, 7) is 2.32. The summed E-state index contributed by atoms with van der Waals surface area (Å²) in [5.74, 6) is 1.20. The zero-order valence-corrected chi connectivity index (χ0v) is 12.9. The van der Waals surface area contributed by atoms with Gasteiger partial charge < -0.3 is 16.0 Å². The molecule has 0 radical (unpaired) electrons. The number of anilines is 4. The molecule has 3 N–H and O–H groups in total. The molecule has 6 heteroatoms. The van der Waals surface area contributed by atoms with Crippen molar-refractivity contribution in [2.45, 2.75) is 18.0 Å². The van der Waals surface area contributed by atoms with Gasteiger partial charge in [-0.1, -0.05) is 11.8 Å². The standard InChI is InChI=1S/C15H19N5S/c1-21-15-18-13(16)10-14(19-15)17-11-4-6-12(7-5-11)20-8-2-3-9-20/h4-7,10H,2-3,8-9H2,1H3,(H3,16,17,18,19). The van der Waals surface area contributed by atoms with Crippen molar-refractivity contribution in [2.75, 3.05) is 35.3 Å². The average molecular weight is 301 g/mol. The summed E-state index contributed by atoms with van der Waals surface area (Å²) in [5, 5.41) is 3.95. The molecule has 0 atom stereocenters. The van der Waals surface area contributed by atoms with Gasteiger partial charge in [0.1, 0.15) is 11.6 Å². The van der Waals surface area contributed by atoms with E-state index in [-0.39, 0.29) is 0 Å². The van der Waals surface area contributed by atoms with Crippen molar-refractivity contribution in [3.63, 3.8) is 0 Å². The first kappa shape index (κ1) is 14.0. The smallest absolute Gasteiger partial charge is 0.191 e. The third-order valence-corrected chi connectivity index (χ3v) is 4.07. The van der Waals surface area contributed by atoms with Crippen LogP contribution in [0.25, 0.3) is 0 Å². The van der Waals surface area contributed by atoms with E-state index in [0.717, 1.165) is 24.6 Å². The molecule has 3 rings (SSSR count). The van der Waals surface area contributed by atoms with Crippen molar-refractivity contribution in [1.29, 1.82) is 0 Å². The highest BCUT2D eigenvalue weighted by molar-refractivity contribution is 7.98. The summed E-state index contributed by atoms with van der Waals surface area (Å²) in [5.41, 5.74) is 8.07. The van der Waals surface area contributed by atoms with Crippen molar-refractivity contribution < 1.29 is 0 Å². The van der Waals surface area contributed by atoms with Gasteiger partial charge >= 0.3 is 0 Å². The van der Waals surface area contributed by atoms with Gasteiger partial charge in [0, 0.05) is 30.5 Å². The van der Waals surface area contributed by atoms with E-state index in [1.807, 2.05) is 6.26 Å². The lowest BCUT2D eigenvalue weighted by atomic mass is 10.2. The highest BCUT2D eigenvalue weighted by Crippen LogP contribution is 2.24. The summed E-state index contributed by atoms with van der Waals surface area (Å²) in [4.78, 5) is 11.0. The zero-order valence-electron chi connectivity index (χ0n) is 12.0. The first-order valence-corrected chi connectivity index (χ1v) is 8.27. The van der Waals surface area contributed by atoms with Gasteiger partial charge in [-0.2, -0.15) is 0 Å². The Balaban J connectivity index is 1.74. The van der Waals surface area contributed by atoms with E-state index in [1.54, 1.807) is 6.07 Å². The zero-order chi connectivity index (χ0) is 14.7. The van der Waals surface area contributed by atoms with E-state index >= 15 is 0 Å². The molecule has 1 aromatic heterocycles. The molecule has 0 unspecified atom stereocenters. The monoisotopic (exact) mass is 301 g/mol. The van der Waals surface area contributed by atoms with E-state index in [0.29, 0.717) is 11.0 Å². The van der Waals surface area contributed by atoms with Gasteiger partial charge in [-0.3, -0.25) is 0 Å². The lowest BCUT2D eigenvalue weighted by molar-refractivity contribution is 0.949. The Bertz CT molecular complexity index is 608. The Kier molecular flexibility index (Phi) is 4.15. The van der Waals surface area contributed by atoms with Crippen LogP contribution in [0.2, 0.25) is 0 Å². The number of hydrogen-bond donors (Lipinski definition) is 2. The SMILES string of the molecule is CSc1nc(N)cc(Nc2ccc(N3CCCC3)cc2)n1. The van der Waals surface area contributed by atoms with Crippen LogP contribution in [-0.4, -0.2) is 29.3 Å². The summed E-state index contributed by atoms with van der Waals surface area (Å²) in [6.07, 6.45) is 4.51. The Morgan fingerprint density at radius 3 is 2.52 bits per heavy atom. The van der Waals surface area contributed by atoms with E-state index in [1.165, 1.54) is 30.3 Å². The normalized spacial score (nSPS) is 14.4. The topological polar surface area (TPSA) is 67.1 Å². The summed E-state index contributed by atoms with van der Waals surface area (Å²) in [6, 6.07) is 10.2. The van der Waals surface area contributed by atoms with Gasteiger partial charge in [0.05, 0.1) is 0 Å². The van der Waals surface area contributed by atoms with Crippen LogP contribution < -0.4 is 16.0 Å². The quantitative estimate of drug-likeness (QED) is 0.668. The number of nitrogens with two attached hydrogens (primary N) is 1. The lowest BCUT2D eigenvalue weighted by Crippen LogP contribution is -2.17. The van der Waals surface area contributed by atoms with Gasteiger partial charge in [-0.25, -0.2) is 9.97 Å². The summed E-state index contributed by atoms with van der Waals surface area (Å²) >= 11 is 1.48. The number of nitrogen functional groups attached to an aromatic ring is 1. The van der Waals surface area contributed by atoms with E-state index in [2.05, 4.69) is 44.5 Å². The second-order valence-corrected chi connectivity index (χ2v) is 5.80. The molecule has 0 saturated carbocycles. The van der Waals surface area contributed by atoms with Crippen LogP contribution in [-0.2, 0) is 0 Å². The molecule has 1 fully saturated rings. The average Bonchev–Trinajstić information content (AvgIpc) is 3.01. The minimum absolute atomic E-state index is 0.477. The van der Waals surface area contributed by atoms with Gasteiger partial charge in [0.25, 0.3) is 0 Å². The number of hydrogen-bond acceptors (Lipinski definition) is 6. The lowest BCUT2D eigenvalue weighted by Gasteiger charge is -2.18. The fraction of sp³-hybridized carbons (Fsp3) is 0.333. The molecular formula is C15H19N5S. The van der Waals surface area contributed by atoms with E-state index < -0.39 is 0 Å². The van der Waals surface area contributed by atoms with Gasteiger partial charge in [0.15, 0.2) is 5.16 Å². The molecule has 0 spiro atoms. The number of rotatable bonds is 4. The fourth-order valence-corrected chi connectivity index (χ4v) is 2.86. The number of benzene rings is 1. The summed E-state index contributed by atoms with van der Waals surface area (Å²) < 4.78 is 0. The molecule has 110 valence electrons.